The third-order valence-corrected chi connectivity index (χ3v) is 1.90. The number of anilines is 1. The van der Waals surface area contributed by atoms with Gasteiger partial charge in [-0.15, -0.1) is 0 Å². The number of rotatable bonds is 3. The lowest BCUT2D eigenvalue weighted by molar-refractivity contribution is -0.190. The second-order valence-electron chi connectivity index (χ2n) is 3.23. The monoisotopic (exact) mass is 235 g/mol. The van der Waals surface area contributed by atoms with Crippen LogP contribution in [-0.2, 0) is 0 Å². The summed E-state index contributed by atoms with van der Waals surface area (Å²) in [6.07, 6.45) is -4.90. The highest BCUT2D eigenvalue weighted by Crippen LogP contribution is 2.25. The minimum absolute atomic E-state index is 0.0656. The summed E-state index contributed by atoms with van der Waals surface area (Å²) in [5, 5.41) is 2.62. The highest BCUT2D eigenvalue weighted by atomic mass is 19.4. The van der Waals surface area contributed by atoms with Crippen LogP contribution in [0.2, 0.25) is 0 Å². The Labute approximate surface area is 90.9 Å². The van der Waals surface area contributed by atoms with E-state index in [1.165, 1.54) is 6.20 Å². The van der Waals surface area contributed by atoms with Crippen molar-refractivity contribution in [3.05, 3.63) is 11.8 Å². The number of aromatic nitrogens is 2. The first-order chi connectivity index (χ1) is 7.34. The lowest BCUT2D eigenvalue weighted by atomic mass is 10.3. The second kappa shape index (κ2) is 4.54. The van der Waals surface area contributed by atoms with Crippen molar-refractivity contribution in [2.45, 2.75) is 26.1 Å². The van der Waals surface area contributed by atoms with Crippen LogP contribution in [0.25, 0.3) is 0 Å². The molecule has 0 aliphatic rings. The van der Waals surface area contributed by atoms with Gasteiger partial charge < -0.3 is 10.1 Å². The molecule has 1 rings (SSSR count). The number of aryl methyl sites for hydroxylation is 1. The summed E-state index contributed by atoms with van der Waals surface area (Å²) in [5.41, 5.74) is 0.454. The van der Waals surface area contributed by atoms with Gasteiger partial charge in [-0.25, -0.2) is 4.98 Å². The van der Waals surface area contributed by atoms with Gasteiger partial charge in [0.1, 0.15) is 0 Å². The quantitative estimate of drug-likeness (QED) is 0.872. The number of hydrogen-bond donors (Lipinski definition) is 1. The Bertz CT molecular complexity index is 368. The van der Waals surface area contributed by atoms with Gasteiger partial charge in [0.05, 0.1) is 0 Å². The van der Waals surface area contributed by atoms with Crippen LogP contribution in [0.15, 0.2) is 6.20 Å². The number of alkyl halides is 3. The minimum atomic E-state index is -4.41. The summed E-state index contributed by atoms with van der Waals surface area (Å²) in [6.45, 7) is 2.51. The molecule has 0 amide bonds. The van der Waals surface area contributed by atoms with E-state index in [4.69, 9.17) is 4.74 Å². The fourth-order valence-corrected chi connectivity index (χ4v) is 0.900. The molecule has 4 nitrogen and oxygen atoms in total. The SMILES string of the molecule is CNc1ncc(C)c(OC(C)C(F)(F)F)n1. The van der Waals surface area contributed by atoms with Crippen molar-refractivity contribution in [1.82, 2.24) is 9.97 Å². The van der Waals surface area contributed by atoms with Gasteiger partial charge in [0, 0.05) is 18.8 Å². The van der Waals surface area contributed by atoms with E-state index in [-0.39, 0.29) is 11.8 Å². The molecule has 1 heterocycles. The van der Waals surface area contributed by atoms with Gasteiger partial charge in [-0.2, -0.15) is 18.2 Å². The molecule has 1 aromatic rings. The van der Waals surface area contributed by atoms with Crippen LogP contribution in [0.4, 0.5) is 19.1 Å². The second-order valence-corrected chi connectivity index (χ2v) is 3.23. The Morgan fingerprint density at radius 3 is 2.56 bits per heavy atom. The Hall–Kier alpha value is -1.53. The lowest BCUT2D eigenvalue weighted by Gasteiger charge is -2.18. The Kier molecular flexibility index (Phi) is 3.56. The molecule has 7 heteroatoms. The molecule has 90 valence electrons. The molecule has 1 unspecified atom stereocenters. The van der Waals surface area contributed by atoms with Crippen LogP contribution in [-0.4, -0.2) is 29.3 Å². The summed E-state index contributed by atoms with van der Waals surface area (Å²) in [7, 11) is 1.57. The van der Waals surface area contributed by atoms with E-state index < -0.39 is 12.3 Å². The van der Waals surface area contributed by atoms with Gasteiger partial charge in [0.25, 0.3) is 0 Å². The van der Waals surface area contributed by atoms with Gasteiger partial charge in [-0.3, -0.25) is 0 Å². The van der Waals surface area contributed by atoms with Crippen LogP contribution in [0, 0.1) is 6.92 Å². The average molecular weight is 235 g/mol. The molecule has 0 radical (unpaired) electrons. The van der Waals surface area contributed by atoms with E-state index in [2.05, 4.69) is 15.3 Å². The van der Waals surface area contributed by atoms with Gasteiger partial charge in [-0.05, 0) is 13.8 Å². The number of hydrogen-bond acceptors (Lipinski definition) is 4. The highest BCUT2D eigenvalue weighted by molar-refractivity contribution is 5.31. The molecular weight excluding hydrogens is 223 g/mol. The first kappa shape index (κ1) is 12.5. The highest BCUT2D eigenvalue weighted by Gasteiger charge is 2.38. The minimum Gasteiger partial charge on any atom is -0.465 e. The third-order valence-electron chi connectivity index (χ3n) is 1.90. The maximum atomic E-state index is 12.3. The molecule has 0 saturated heterocycles. The Morgan fingerprint density at radius 2 is 2.06 bits per heavy atom. The van der Waals surface area contributed by atoms with E-state index in [9.17, 15) is 13.2 Å². The molecule has 1 atom stereocenters. The zero-order valence-electron chi connectivity index (χ0n) is 9.09. The zero-order chi connectivity index (χ0) is 12.3. The Morgan fingerprint density at radius 1 is 1.44 bits per heavy atom. The molecule has 1 N–H and O–H groups in total. The summed E-state index contributed by atoms with van der Waals surface area (Å²) < 4.78 is 41.5. The van der Waals surface area contributed by atoms with E-state index in [1.807, 2.05) is 0 Å². The van der Waals surface area contributed by atoms with E-state index >= 15 is 0 Å². The van der Waals surface area contributed by atoms with Crippen molar-refractivity contribution in [2.24, 2.45) is 0 Å². The van der Waals surface area contributed by atoms with Crippen LogP contribution in [0.5, 0.6) is 5.88 Å². The summed E-state index contributed by atoms with van der Waals surface area (Å²) in [6, 6.07) is 0. The summed E-state index contributed by atoms with van der Waals surface area (Å²) in [5.74, 6) is 0.152. The fraction of sp³-hybridized carbons (Fsp3) is 0.556. The number of halogens is 3. The van der Waals surface area contributed by atoms with Crippen molar-refractivity contribution in [3.63, 3.8) is 0 Å². The largest absolute Gasteiger partial charge is 0.465 e. The third kappa shape index (κ3) is 2.98. The molecule has 16 heavy (non-hydrogen) atoms. The lowest BCUT2D eigenvalue weighted by Crippen LogP contribution is -2.31. The smallest absolute Gasteiger partial charge is 0.425 e. The summed E-state index contributed by atoms with van der Waals surface area (Å²) in [4.78, 5) is 7.64. The normalized spacial score (nSPS) is 13.4. The van der Waals surface area contributed by atoms with Crippen LogP contribution in [0.1, 0.15) is 12.5 Å². The zero-order valence-corrected chi connectivity index (χ0v) is 9.09. The van der Waals surface area contributed by atoms with Crippen molar-refractivity contribution < 1.29 is 17.9 Å². The molecule has 0 aliphatic heterocycles. The van der Waals surface area contributed by atoms with Gasteiger partial charge in [0.2, 0.25) is 11.8 Å². The van der Waals surface area contributed by atoms with Crippen LogP contribution < -0.4 is 10.1 Å². The van der Waals surface area contributed by atoms with E-state index in [0.717, 1.165) is 6.92 Å². The molecule has 0 bridgehead atoms. The standard InChI is InChI=1S/C9H12F3N3O/c1-5-4-14-8(13-3)15-7(5)16-6(2)9(10,11)12/h4,6H,1-3H3,(H,13,14,15). The first-order valence-corrected chi connectivity index (χ1v) is 4.59. The molecule has 0 aromatic carbocycles. The molecule has 0 fully saturated rings. The number of nitrogens with zero attached hydrogens (tertiary/aromatic N) is 2. The van der Waals surface area contributed by atoms with Crippen molar-refractivity contribution in [2.75, 3.05) is 12.4 Å². The maximum Gasteiger partial charge on any atom is 0.425 e. The van der Waals surface area contributed by atoms with E-state index in [1.54, 1.807) is 14.0 Å². The van der Waals surface area contributed by atoms with Gasteiger partial charge >= 0.3 is 6.18 Å². The van der Waals surface area contributed by atoms with Crippen molar-refractivity contribution in [3.8, 4) is 5.88 Å². The predicted molar refractivity (Wildman–Crippen MR) is 52.5 cm³/mol. The first-order valence-electron chi connectivity index (χ1n) is 4.59. The van der Waals surface area contributed by atoms with E-state index in [0.29, 0.717) is 5.56 Å². The van der Waals surface area contributed by atoms with Crippen LogP contribution >= 0.6 is 0 Å². The van der Waals surface area contributed by atoms with Gasteiger partial charge in [-0.1, -0.05) is 0 Å². The molecule has 0 saturated carbocycles. The Balaban J connectivity index is 2.88. The summed E-state index contributed by atoms with van der Waals surface area (Å²) >= 11 is 0. The maximum absolute atomic E-state index is 12.3. The van der Waals surface area contributed by atoms with Crippen molar-refractivity contribution >= 4 is 5.95 Å². The number of nitrogens with one attached hydrogen (secondary N) is 1. The number of ether oxygens (including phenoxy) is 1. The molecule has 0 spiro atoms. The molecule has 1 aromatic heterocycles. The molecule has 0 aliphatic carbocycles. The predicted octanol–water partition coefficient (Wildman–Crippen LogP) is 2.16. The van der Waals surface area contributed by atoms with Crippen molar-refractivity contribution in [1.29, 1.82) is 0 Å². The van der Waals surface area contributed by atoms with Crippen LogP contribution in [0.3, 0.4) is 0 Å². The fourth-order valence-electron chi connectivity index (χ4n) is 0.900. The topological polar surface area (TPSA) is 47.0 Å². The average Bonchev–Trinajstić information content (AvgIpc) is 2.19. The van der Waals surface area contributed by atoms with Gasteiger partial charge in [0.15, 0.2) is 6.10 Å². The molecular formula is C9H12F3N3O.